The van der Waals surface area contributed by atoms with Crippen LogP contribution in [0.25, 0.3) is 0 Å². The van der Waals surface area contributed by atoms with Gasteiger partial charge in [-0.2, -0.15) is 5.26 Å². The molecule has 3 aliphatic rings. The fourth-order valence-electron chi connectivity index (χ4n) is 7.80. The molecule has 2 saturated heterocycles. The van der Waals surface area contributed by atoms with E-state index in [9.17, 15) is 20.0 Å². The molecule has 2 heterocycles. The number of rotatable bonds is 7. The summed E-state index contributed by atoms with van der Waals surface area (Å²) in [4.78, 5) is 32.1. The maximum absolute atomic E-state index is 13.4. The number of likely N-dealkylation sites (tertiary alicyclic amines) is 1. The van der Waals surface area contributed by atoms with Crippen molar-refractivity contribution in [2.24, 2.45) is 10.8 Å². The van der Waals surface area contributed by atoms with E-state index in [0.29, 0.717) is 54.4 Å². The van der Waals surface area contributed by atoms with E-state index in [1.807, 2.05) is 45.0 Å². The number of β-amino-alcohol motifs (C(OH)–C–C–N with tert-alkyl or cyclic N) is 1. The molecule has 0 aromatic heterocycles. The van der Waals surface area contributed by atoms with Crippen LogP contribution in [0.15, 0.2) is 42.5 Å². The number of piperidine rings is 1. The van der Waals surface area contributed by atoms with E-state index in [-0.39, 0.29) is 35.0 Å². The lowest BCUT2D eigenvalue weighted by atomic mass is 9.49. The third kappa shape index (κ3) is 7.69. The van der Waals surface area contributed by atoms with Gasteiger partial charge in [0.15, 0.2) is 0 Å². The van der Waals surface area contributed by atoms with E-state index in [1.54, 1.807) is 23.1 Å². The average Bonchev–Trinajstić information content (AvgIpc) is 3.02. The maximum Gasteiger partial charge on any atom is 0.410 e. The van der Waals surface area contributed by atoms with E-state index in [0.717, 1.165) is 31.9 Å². The summed E-state index contributed by atoms with van der Waals surface area (Å²) in [6.45, 7) is 18.8. The zero-order valence-electron chi connectivity index (χ0n) is 29.3. The number of aliphatic hydroxyl groups is 1. The van der Waals surface area contributed by atoms with Gasteiger partial charge in [-0.25, -0.2) is 4.79 Å². The third-order valence-corrected chi connectivity index (χ3v) is 10.5. The smallest absolute Gasteiger partial charge is 0.410 e. The number of benzene rings is 2. The number of nitrogens with one attached hydrogen (secondary N) is 1. The first-order chi connectivity index (χ1) is 22.4. The van der Waals surface area contributed by atoms with E-state index in [2.05, 4.69) is 48.9 Å². The Labute approximate surface area is 289 Å². The lowest BCUT2D eigenvalue weighted by Gasteiger charge is -2.63. The molecule has 11 heteroatoms. The van der Waals surface area contributed by atoms with Gasteiger partial charge in [-0.05, 0) is 70.0 Å². The minimum atomic E-state index is -0.817. The molecular weight excluding hydrogens is 630 g/mol. The highest BCUT2D eigenvalue weighted by molar-refractivity contribution is 6.31. The van der Waals surface area contributed by atoms with Gasteiger partial charge < -0.3 is 29.7 Å². The van der Waals surface area contributed by atoms with E-state index < -0.39 is 11.2 Å². The van der Waals surface area contributed by atoms with Crippen LogP contribution in [0.5, 0.6) is 5.75 Å². The number of amides is 2. The van der Waals surface area contributed by atoms with Crippen LogP contribution in [-0.2, 0) is 4.74 Å². The highest BCUT2D eigenvalue weighted by Gasteiger charge is 2.64. The second-order valence-corrected chi connectivity index (χ2v) is 16.2. The predicted octanol–water partition coefficient (Wildman–Crippen LogP) is 5.71. The molecule has 0 spiro atoms. The lowest BCUT2D eigenvalue weighted by molar-refractivity contribution is -0.164. The predicted molar refractivity (Wildman–Crippen MR) is 186 cm³/mol. The van der Waals surface area contributed by atoms with Crippen molar-refractivity contribution in [3.8, 4) is 11.8 Å². The molecule has 0 bridgehead atoms. The van der Waals surface area contributed by atoms with E-state index in [1.165, 1.54) is 0 Å². The number of piperazine rings is 1. The number of carbonyl (C=O) groups is 2. The van der Waals surface area contributed by atoms with Crippen molar-refractivity contribution >= 4 is 29.3 Å². The molecule has 10 nitrogen and oxygen atoms in total. The number of carbonyl (C=O) groups excluding carboxylic acids is 2. The Bertz CT molecular complexity index is 1510. The van der Waals surface area contributed by atoms with Gasteiger partial charge in [-0.3, -0.25) is 9.69 Å². The molecule has 2 aromatic rings. The van der Waals surface area contributed by atoms with Crippen molar-refractivity contribution < 1.29 is 24.2 Å². The standard InChI is InChI=1S/C37H50ClN5O5/c1-34(2,3)48-33(45)43-16-14-37(46,15-17-43)24-41-18-20-42(21-19-41)27-11-8-25(9-12-27)30(44)40-31-35(4,5)32(36(31,6)7)47-28-13-10-26(23-39)29(38)22-28/h8-13,22,31-32,46H,14-21,24H2,1-7H3,(H,40,44)/t31-,32-. The summed E-state index contributed by atoms with van der Waals surface area (Å²) in [5.74, 6) is 0.478. The number of anilines is 1. The Morgan fingerprint density at radius 2 is 1.58 bits per heavy atom. The normalized spacial score (nSPS) is 23.4. The second-order valence-electron chi connectivity index (χ2n) is 15.8. The molecule has 48 heavy (non-hydrogen) atoms. The lowest BCUT2D eigenvalue weighted by Crippen LogP contribution is -2.74. The van der Waals surface area contributed by atoms with Crippen molar-refractivity contribution in [1.82, 2.24) is 15.1 Å². The number of nitriles is 1. The Balaban J connectivity index is 1.10. The van der Waals surface area contributed by atoms with Gasteiger partial charge in [0.1, 0.15) is 23.5 Å². The molecule has 2 amide bonds. The molecule has 0 unspecified atom stereocenters. The highest BCUT2D eigenvalue weighted by Crippen LogP contribution is 2.55. The van der Waals surface area contributed by atoms with Crippen LogP contribution in [0, 0.1) is 22.2 Å². The summed E-state index contributed by atoms with van der Waals surface area (Å²) >= 11 is 6.23. The molecular formula is C37H50ClN5O5. The van der Waals surface area contributed by atoms with Gasteiger partial charge in [0.25, 0.3) is 5.91 Å². The Kier molecular flexibility index (Phi) is 10.00. The van der Waals surface area contributed by atoms with Gasteiger partial charge in [-0.15, -0.1) is 0 Å². The molecule has 260 valence electrons. The van der Waals surface area contributed by atoms with Crippen molar-refractivity contribution in [2.45, 2.75) is 84.7 Å². The van der Waals surface area contributed by atoms with Gasteiger partial charge >= 0.3 is 6.09 Å². The van der Waals surface area contributed by atoms with Gasteiger partial charge in [0, 0.05) is 80.0 Å². The zero-order valence-corrected chi connectivity index (χ0v) is 30.1. The van der Waals surface area contributed by atoms with Crippen molar-refractivity contribution in [3.05, 3.63) is 58.6 Å². The summed E-state index contributed by atoms with van der Waals surface area (Å²) in [5, 5.41) is 24.1. The average molecular weight is 680 g/mol. The SMILES string of the molecule is CC(C)(C)OC(=O)N1CCC(O)(CN2CCN(c3ccc(C(=O)N[C@H]4C(C)(C)[C@H](Oc5ccc(C#N)c(Cl)c5)C4(C)C)cc3)CC2)CC1. The molecule has 1 aliphatic carbocycles. The quantitative estimate of drug-likeness (QED) is 0.382. The number of hydrogen-bond donors (Lipinski definition) is 2. The van der Waals surface area contributed by atoms with Crippen LogP contribution in [0.1, 0.15) is 77.2 Å². The number of hydrogen-bond acceptors (Lipinski definition) is 8. The van der Waals surface area contributed by atoms with Crippen LogP contribution in [0.2, 0.25) is 5.02 Å². The van der Waals surface area contributed by atoms with Crippen LogP contribution in [0.4, 0.5) is 10.5 Å². The van der Waals surface area contributed by atoms with Gasteiger partial charge in [-0.1, -0.05) is 39.3 Å². The molecule has 2 N–H and O–H groups in total. The number of halogens is 1. The minimum Gasteiger partial charge on any atom is -0.489 e. The molecule has 0 atom stereocenters. The Morgan fingerprint density at radius 3 is 2.12 bits per heavy atom. The first-order valence-electron chi connectivity index (χ1n) is 16.9. The fraction of sp³-hybridized carbons (Fsp3) is 0.595. The molecule has 5 rings (SSSR count). The van der Waals surface area contributed by atoms with Gasteiger partial charge in [0.05, 0.1) is 16.2 Å². The number of nitrogens with zero attached hydrogens (tertiary/aromatic N) is 4. The first kappa shape index (κ1) is 35.8. The van der Waals surface area contributed by atoms with Crippen LogP contribution in [0.3, 0.4) is 0 Å². The molecule has 3 fully saturated rings. The summed E-state index contributed by atoms with van der Waals surface area (Å²) in [5.41, 5.74) is 0.0278. The van der Waals surface area contributed by atoms with E-state index in [4.69, 9.17) is 21.1 Å². The summed E-state index contributed by atoms with van der Waals surface area (Å²) in [7, 11) is 0. The topological polar surface area (TPSA) is 118 Å². The fourth-order valence-corrected chi connectivity index (χ4v) is 8.02. The first-order valence-corrected chi connectivity index (χ1v) is 17.2. The van der Waals surface area contributed by atoms with Gasteiger partial charge in [0.2, 0.25) is 0 Å². The monoisotopic (exact) mass is 679 g/mol. The van der Waals surface area contributed by atoms with Crippen LogP contribution < -0.4 is 15.0 Å². The summed E-state index contributed by atoms with van der Waals surface area (Å²) < 4.78 is 11.9. The molecule has 1 saturated carbocycles. The third-order valence-electron chi connectivity index (χ3n) is 10.2. The summed E-state index contributed by atoms with van der Waals surface area (Å²) in [6.07, 6.45) is 0.574. The number of ether oxygens (including phenoxy) is 2. The molecule has 0 radical (unpaired) electrons. The summed E-state index contributed by atoms with van der Waals surface area (Å²) in [6, 6.07) is 14.8. The zero-order chi connectivity index (χ0) is 35.1. The molecule has 2 aliphatic heterocycles. The van der Waals surface area contributed by atoms with E-state index >= 15 is 0 Å². The highest BCUT2D eigenvalue weighted by atomic mass is 35.5. The Morgan fingerprint density at radius 1 is 0.979 bits per heavy atom. The molecule has 2 aromatic carbocycles. The second kappa shape index (κ2) is 13.4. The van der Waals surface area contributed by atoms with Crippen LogP contribution in [-0.4, -0.2) is 96.1 Å². The van der Waals surface area contributed by atoms with Crippen molar-refractivity contribution in [2.75, 3.05) is 50.7 Å². The van der Waals surface area contributed by atoms with Crippen molar-refractivity contribution in [1.29, 1.82) is 5.26 Å². The minimum absolute atomic E-state index is 0.122. The van der Waals surface area contributed by atoms with Crippen LogP contribution >= 0.6 is 11.6 Å². The Hall–Kier alpha value is -3.52. The largest absolute Gasteiger partial charge is 0.489 e. The van der Waals surface area contributed by atoms with Crippen molar-refractivity contribution in [3.63, 3.8) is 0 Å². The maximum atomic E-state index is 13.4.